The molecule has 2 saturated heterocycles. The van der Waals surface area contributed by atoms with Gasteiger partial charge in [-0.2, -0.15) is 0 Å². The van der Waals surface area contributed by atoms with Crippen LogP contribution in [0.4, 0.5) is 0 Å². The summed E-state index contributed by atoms with van der Waals surface area (Å²) in [7, 11) is 0. The Labute approximate surface area is 121 Å². The molecule has 2 fully saturated rings. The van der Waals surface area contributed by atoms with Gasteiger partial charge in [0, 0.05) is 12.3 Å². The maximum Gasteiger partial charge on any atom is 0.249 e. The second-order valence-corrected chi connectivity index (χ2v) is 5.21. The Bertz CT molecular complexity index is 409. The van der Waals surface area contributed by atoms with Crippen molar-refractivity contribution in [1.29, 1.82) is 0 Å². The molecule has 0 aromatic heterocycles. The quantitative estimate of drug-likeness (QED) is 0.800. The monoisotopic (exact) mass is 276 g/mol. The van der Waals surface area contributed by atoms with E-state index in [1.807, 2.05) is 25.2 Å². The number of carbonyl (C=O) groups is 1. The number of piperidine rings is 1. The molecule has 2 aliphatic rings. The van der Waals surface area contributed by atoms with Gasteiger partial charge in [-0.05, 0) is 38.4 Å². The highest BCUT2D eigenvalue weighted by Crippen LogP contribution is 2.27. The second kappa shape index (κ2) is 7.41. The van der Waals surface area contributed by atoms with E-state index in [1.54, 1.807) is 11.1 Å². The molecule has 0 aliphatic carbocycles. The first kappa shape index (κ1) is 15.0. The molecule has 0 spiro atoms. The van der Waals surface area contributed by atoms with Crippen molar-refractivity contribution in [2.75, 3.05) is 19.7 Å². The van der Waals surface area contributed by atoms with Crippen LogP contribution in [0.2, 0.25) is 0 Å². The number of amides is 1. The molecular weight excluding hydrogens is 252 g/mol. The van der Waals surface area contributed by atoms with Crippen molar-refractivity contribution in [2.24, 2.45) is 5.92 Å². The van der Waals surface area contributed by atoms with Crippen LogP contribution in [-0.2, 0) is 9.63 Å². The Morgan fingerprint density at radius 2 is 2.10 bits per heavy atom. The van der Waals surface area contributed by atoms with E-state index in [9.17, 15) is 4.79 Å². The number of allylic oxidation sites excluding steroid dienone is 3. The van der Waals surface area contributed by atoms with Crippen molar-refractivity contribution in [3.63, 3.8) is 0 Å². The summed E-state index contributed by atoms with van der Waals surface area (Å²) >= 11 is 0. The molecule has 0 radical (unpaired) electrons. The summed E-state index contributed by atoms with van der Waals surface area (Å²) in [5, 5.41) is 4.90. The van der Waals surface area contributed by atoms with E-state index in [2.05, 4.69) is 11.9 Å². The van der Waals surface area contributed by atoms with Crippen LogP contribution < -0.4 is 5.32 Å². The standard InChI is InChI=1S/C16H24N2O2/c1-3-5-6-13(4-2)15-9-12-20-18(15)16(19)14-7-10-17-11-8-14/h3-6,14-15,17H,1,7-12H2,2H3/b6-5-,13-4+/t15-/m0/s1. The van der Waals surface area contributed by atoms with Gasteiger partial charge < -0.3 is 5.32 Å². The predicted octanol–water partition coefficient (Wildman–Crippen LogP) is 2.21. The fourth-order valence-corrected chi connectivity index (χ4v) is 2.82. The van der Waals surface area contributed by atoms with Gasteiger partial charge in [0.05, 0.1) is 12.6 Å². The summed E-state index contributed by atoms with van der Waals surface area (Å²) < 4.78 is 0. The van der Waals surface area contributed by atoms with Gasteiger partial charge in [-0.1, -0.05) is 30.9 Å². The molecule has 0 aromatic carbocycles. The fraction of sp³-hybridized carbons (Fsp3) is 0.562. The summed E-state index contributed by atoms with van der Waals surface area (Å²) in [6.45, 7) is 8.13. The molecule has 0 unspecified atom stereocenters. The zero-order valence-electron chi connectivity index (χ0n) is 12.2. The molecule has 20 heavy (non-hydrogen) atoms. The lowest BCUT2D eigenvalue weighted by Gasteiger charge is -2.29. The van der Waals surface area contributed by atoms with E-state index in [0.29, 0.717) is 6.61 Å². The summed E-state index contributed by atoms with van der Waals surface area (Å²) in [6.07, 6.45) is 10.4. The van der Waals surface area contributed by atoms with E-state index in [0.717, 1.165) is 37.9 Å². The Morgan fingerprint density at radius 1 is 1.35 bits per heavy atom. The fourth-order valence-electron chi connectivity index (χ4n) is 2.82. The van der Waals surface area contributed by atoms with Gasteiger partial charge in [-0.15, -0.1) is 0 Å². The van der Waals surface area contributed by atoms with Gasteiger partial charge >= 0.3 is 0 Å². The van der Waals surface area contributed by atoms with Crippen LogP contribution in [0.3, 0.4) is 0 Å². The molecular formula is C16H24N2O2. The molecule has 1 amide bonds. The summed E-state index contributed by atoms with van der Waals surface area (Å²) in [5.74, 6) is 0.235. The van der Waals surface area contributed by atoms with Crippen molar-refractivity contribution in [2.45, 2.75) is 32.2 Å². The zero-order chi connectivity index (χ0) is 14.4. The average molecular weight is 276 g/mol. The van der Waals surface area contributed by atoms with Gasteiger partial charge in [-0.3, -0.25) is 9.63 Å². The molecule has 2 rings (SSSR count). The molecule has 0 saturated carbocycles. The number of hydrogen-bond acceptors (Lipinski definition) is 3. The number of nitrogens with one attached hydrogen (secondary N) is 1. The van der Waals surface area contributed by atoms with Crippen molar-refractivity contribution in [1.82, 2.24) is 10.4 Å². The second-order valence-electron chi connectivity index (χ2n) is 5.21. The van der Waals surface area contributed by atoms with E-state index in [4.69, 9.17) is 4.84 Å². The van der Waals surface area contributed by atoms with Crippen molar-refractivity contribution < 1.29 is 9.63 Å². The number of hydrogen-bond donors (Lipinski definition) is 1. The van der Waals surface area contributed by atoms with Crippen LogP contribution in [0, 0.1) is 5.92 Å². The third kappa shape index (κ3) is 3.38. The van der Waals surface area contributed by atoms with Crippen LogP contribution in [0.25, 0.3) is 0 Å². The summed E-state index contributed by atoms with van der Waals surface area (Å²) in [4.78, 5) is 18.2. The largest absolute Gasteiger partial charge is 0.317 e. The molecule has 0 aromatic rings. The maximum absolute atomic E-state index is 12.6. The van der Waals surface area contributed by atoms with Crippen molar-refractivity contribution in [3.05, 3.63) is 36.5 Å². The number of nitrogens with zero attached hydrogens (tertiary/aromatic N) is 1. The smallest absolute Gasteiger partial charge is 0.249 e. The zero-order valence-corrected chi connectivity index (χ0v) is 12.2. The third-order valence-corrected chi connectivity index (χ3v) is 3.95. The van der Waals surface area contributed by atoms with Crippen molar-refractivity contribution >= 4 is 5.91 Å². The lowest BCUT2D eigenvalue weighted by Crippen LogP contribution is -2.43. The van der Waals surface area contributed by atoms with Crippen LogP contribution in [-0.4, -0.2) is 36.7 Å². The minimum Gasteiger partial charge on any atom is -0.317 e. The van der Waals surface area contributed by atoms with E-state index >= 15 is 0 Å². The topological polar surface area (TPSA) is 41.6 Å². The van der Waals surface area contributed by atoms with E-state index < -0.39 is 0 Å². The van der Waals surface area contributed by atoms with Gasteiger partial charge in [0.25, 0.3) is 0 Å². The van der Waals surface area contributed by atoms with Crippen LogP contribution in [0.5, 0.6) is 0 Å². The first-order valence-corrected chi connectivity index (χ1v) is 7.40. The molecule has 2 heterocycles. The third-order valence-electron chi connectivity index (χ3n) is 3.95. The number of rotatable bonds is 4. The first-order chi connectivity index (χ1) is 9.77. The summed E-state index contributed by atoms with van der Waals surface area (Å²) in [6, 6.07) is 0.0404. The normalized spacial score (nSPS) is 25.4. The number of hydroxylamine groups is 2. The highest BCUT2D eigenvalue weighted by molar-refractivity contribution is 5.79. The molecule has 0 bridgehead atoms. The van der Waals surface area contributed by atoms with Gasteiger partial charge in [0.15, 0.2) is 0 Å². The maximum atomic E-state index is 12.6. The molecule has 110 valence electrons. The minimum atomic E-state index is 0.0404. The minimum absolute atomic E-state index is 0.0404. The summed E-state index contributed by atoms with van der Waals surface area (Å²) in [5.41, 5.74) is 1.12. The first-order valence-electron chi connectivity index (χ1n) is 7.40. The molecule has 4 heteroatoms. The van der Waals surface area contributed by atoms with Crippen molar-refractivity contribution in [3.8, 4) is 0 Å². The molecule has 4 nitrogen and oxygen atoms in total. The predicted molar refractivity (Wildman–Crippen MR) is 79.9 cm³/mol. The molecule has 2 aliphatic heterocycles. The Hall–Kier alpha value is -1.39. The Balaban J connectivity index is 2.07. The number of carbonyl (C=O) groups excluding carboxylic acids is 1. The van der Waals surface area contributed by atoms with Crippen LogP contribution >= 0.6 is 0 Å². The molecule has 1 N–H and O–H groups in total. The lowest BCUT2D eigenvalue weighted by molar-refractivity contribution is -0.179. The van der Waals surface area contributed by atoms with Gasteiger partial charge in [-0.25, -0.2) is 5.06 Å². The SMILES string of the molecule is C=C/C=C\C(=C/C)[C@@H]1CCON1C(=O)C1CCNCC1. The van der Waals surface area contributed by atoms with Gasteiger partial charge in [0.1, 0.15) is 0 Å². The highest BCUT2D eigenvalue weighted by atomic mass is 16.7. The van der Waals surface area contributed by atoms with Crippen LogP contribution in [0.1, 0.15) is 26.2 Å². The molecule has 1 atom stereocenters. The lowest BCUT2D eigenvalue weighted by atomic mass is 9.95. The Kier molecular flexibility index (Phi) is 5.56. The Morgan fingerprint density at radius 3 is 2.75 bits per heavy atom. The van der Waals surface area contributed by atoms with Crippen LogP contribution in [0.15, 0.2) is 36.5 Å². The van der Waals surface area contributed by atoms with E-state index in [1.165, 1.54) is 0 Å². The van der Waals surface area contributed by atoms with Gasteiger partial charge in [0.2, 0.25) is 5.91 Å². The highest BCUT2D eigenvalue weighted by Gasteiger charge is 2.36. The van der Waals surface area contributed by atoms with E-state index in [-0.39, 0.29) is 17.9 Å². The average Bonchev–Trinajstić information content (AvgIpc) is 2.97.